The molecule has 5 nitrogen and oxygen atoms in total. The van der Waals surface area contributed by atoms with Gasteiger partial charge in [0.25, 0.3) is 5.91 Å². The number of carbonyl (C=O) groups is 2. The van der Waals surface area contributed by atoms with Gasteiger partial charge in [-0.3, -0.25) is 9.59 Å². The number of ether oxygens (including phenoxy) is 1. The molecule has 2 aromatic rings. The molecule has 0 saturated carbocycles. The standard InChI is InChI=1S/C19H20N2O3/c20-19(23)14-8-10-15(11-9-14)24-12-18(22)21-17-7-3-5-13-4-1-2-6-16(13)17/h1-2,4,6,8-11,17H,3,5,7,12H2,(H2,20,23)(H,21,22)/t17-/m0/s1. The molecule has 0 heterocycles. The lowest BCUT2D eigenvalue weighted by Gasteiger charge is -2.26. The summed E-state index contributed by atoms with van der Waals surface area (Å²) in [6.45, 7) is -0.0609. The van der Waals surface area contributed by atoms with E-state index in [1.165, 1.54) is 11.1 Å². The normalized spacial score (nSPS) is 16.1. The Balaban J connectivity index is 1.56. The lowest BCUT2D eigenvalue weighted by Crippen LogP contribution is -2.34. The number of hydrogen-bond donors (Lipinski definition) is 2. The number of benzene rings is 2. The van der Waals surface area contributed by atoms with Crippen molar-refractivity contribution in [3.8, 4) is 5.75 Å². The maximum absolute atomic E-state index is 12.2. The van der Waals surface area contributed by atoms with Crippen molar-refractivity contribution in [3.05, 3.63) is 65.2 Å². The Kier molecular flexibility index (Phi) is 4.79. The zero-order chi connectivity index (χ0) is 16.9. The Morgan fingerprint density at radius 3 is 2.62 bits per heavy atom. The van der Waals surface area contributed by atoms with E-state index in [4.69, 9.17) is 10.5 Å². The molecule has 3 N–H and O–H groups in total. The topological polar surface area (TPSA) is 81.4 Å². The third-order valence-electron chi connectivity index (χ3n) is 4.21. The number of aryl methyl sites for hydroxylation is 1. The van der Waals surface area contributed by atoms with Crippen LogP contribution >= 0.6 is 0 Å². The third-order valence-corrected chi connectivity index (χ3v) is 4.21. The van der Waals surface area contributed by atoms with Gasteiger partial charge >= 0.3 is 0 Å². The number of amides is 2. The smallest absolute Gasteiger partial charge is 0.258 e. The lowest BCUT2D eigenvalue weighted by atomic mass is 9.88. The fourth-order valence-electron chi connectivity index (χ4n) is 3.00. The number of nitrogens with two attached hydrogens (primary N) is 1. The first kappa shape index (κ1) is 16.1. The Hall–Kier alpha value is -2.82. The van der Waals surface area contributed by atoms with E-state index >= 15 is 0 Å². The van der Waals surface area contributed by atoms with Crippen molar-refractivity contribution < 1.29 is 14.3 Å². The van der Waals surface area contributed by atoms with Gasteiger partial charge in [0.1, 0.15) is 5.75 Å². The first-order valence-electron chi connectivity index (χ1n) is 8.03. The minimum atomic E-state index is -0.491. The molecule has 2 amide bonds. The van der Waals surface area contributed by atoms with E-state index in [0.717, 1.165) is 19.3 Å². The molecule has 0 saturated heterocycles. The number of nitrogens with one attached hydrogen (secondary N) is 1. The summed E-state index contributed by atoms with van der Waals surface area (Å²) < 4.78 is 5.47. The summed E-state index contributed by atoms with van der Waals surface area (Å²) >= 11 is 0. The van der Waals surface area contributed by atoms with Gasteiger partial charge in [-0.15, -0.1) is 0 Å². The van der Waals surface area contributed by atoms with Gasteiger partial charge in [0.15, 0.2) is 6.61 Å². The van der Waals surface area contributed by atoms with Crippen LogP contribution in [0.5, 0.6) is 5.75 Å². The summed E-state index contributed by atoms with van der Waals surface area (Å²) in [6.07, 6.45) is 3.07. The molecule has 0 bridgehead atoms. The minimum absolute atomic E-state index is 0.0447. The van der Waals surface area contributed by atoms with E-state index in [1.807, 2.05) is 12.1 Å². The maximum atomic E-state index is 12.2. The van der Waals surface area contributed by atoms with Crippen molar-refractivity contribution in [1.82, 2.24) is 5.32 Å². The molecular weight excluding hydrogens is 304 g/mol. The monoisotopic (exact) mass is 324 g/mol. The summed E-state index contributed by atoms with van der Waals surface area (Å²) in [7, 11) is 0. The Bertz CT molecular complexity index is 741. The van der Waals surface area contributed by atoms with Crippen molar-refractivity contribution >= 4 is 11.8 Å². The molecule has 0 fully saturated rings. The van der Waals surface area contributed by atoms with E-state index < -0.39 is 5.91 Å². The van der Waals surface area contributed by atoms with Gasteiger partial charge < -0.3 is 15.8 Å². The molecule has 5 heteroatoms. The quantitative estimate of drug-likeness (QED) is 0.886. The molecule has 1 atom stereocenters. The predicted octanol–water partition coefficient (Wildman–Crippen LogP) is 2.36. The van der Waals surface area contributed by atoms with Crippen LogP contribution in [0.2, 0.25) is 0 Å². The summed E-state index contributed by atoms with van der Waals surface area (Å²) in [4.78, 5) is 23.2. The van der Waals surface area contributed by atoms with Gasteiger partial charge in [-0.1, -0.05) is 24.3 Å². The van der Waals surface area contributed by atoms with Gasteiger partial charge in [-0.2, -0.15) is 0 Å². The number of fused-ring (bicyclic) bond motifs is 1. The van der Waals surface area contributed by atoms with Crippen LogP contribution in [-0.4, -0.2) is 18.4 Å². The fourth-order valence-corrected chi connectivity index (χ4v) is 3.00. The number of hydrogen-bond acceptors (Lipinski definition) is 3. The first-order chi connectivity index (χ1) is 11.6. The summed E-state index contributed by atoms with van der Waals surface area (Å²) in [5.74, 6) is -0.120. The van der Waals surface area contributed by atoms with E-state index in [2.05, 4.69) is 17.4 Å². The van der Waals surface area contributed by atoms with Crippen LogP contribution in [0.4, 0.5) is 0 Å². The van der Waals surface area contributed by atoms with E-state index in [1.54, 1.807) is 24.3 Å². The van der Waals surface area contributed by atoms with Crippen LogP contribution in [0, 0.1) is 0 Å². The molecule has 0 spiro atoms. The highest BCUT2D eigenvalue weighted by Gasteiger charge is 2.21. The molecule has 0 unspecified atom stereocenters. The Labute approximate surface area is 140 Å². The molecule has 0 radical (unpaired) electrons. The van der Waals surface area contributed by atoms with Gasteiger partial charge in [-0.25, -0.2) is 0 Å². The number of rotatable bonds is 5. The number of carbonyl (C=O) groups excluding carboxylic acids is 2. The second-order valence-electron chi connectivity index (χ2n) is 5.89. The molecular formula is C19H20N2O3. The largest absolute Gasteiger partial charge is 0.484 e. The van der Waals surface area contributed by atoms with Crippen molar-refractivity contribution in [2.45, 2.75) is 25.3 Å². The molecule has 1 aliphatic carbocycles. The maximum Gasteiger partial charge on any atom is 0.258 e. The van der Waals surface area contributed by atoms with Gasteiger partial charge in [-0.05, 0) is 54.7 Å². The second-order valence-corrected chi connectivity index (χ2v) is 5.89. The van der Waals surface area contributed by atoms with Crippen LogP contribution in [0.15, 0.2) is 48.5 Å². The van der Waals surface area contributed by atoms with Crippen LogP contribution in [0.3, 0.4) is 0 Å². The molecule has 3 rings (SSSR count). The zero-order valence-electron chi connectivity index (χ0n) is 13.3. The summed E-state index contributed by atoms with van der Waals surface area (Å²) in [5, 5.41) is 3.04. The molecule has 0 aromatic heterocycles. The van der Waals surface area contributed by atoms with Crippen molar-refractivity contribution in [1.29, 1.82) is 0 Å². The fraction of sp³-hybridized carbons (Fsp3) is 0.263. The average molecular weight is 324 g/mol. The Morgan fingerprint density at radius 2 is 1.88 bits per heavy atom. The molecule has 2 aromatic carbocycles. The molecule has 24 heavy (non-hydrogen) atoms. The first-order valence-corrected chi connectivity index (χ1v) is 8.03. The van der Waals surface area contributed by atoms with E-state index in [0.29, 0.717) is 11.3 Å². The van der Waals surface area contributed by atoms with Crippen LogP contribution in [0.1, 0.15) is 40.4 Å². The van der Waals surface area contributed by atoms with Gasteiger partial charge in [0.05, 0.1) is 6.04 Å². The summed E-state index contributed by atoms with van der Waals surface area (Å²) in [6, 6.07) is 14.7. The predicted molar refractivity (Wildman–Crippen MR) is 90.7 cm³/mol. The highest BCUT2D eigenvalue weighted by Crippen LogP contribution is 2.29. The summed E-state index contributed by atoms with van der Waals surface area (Å²) in [5.41, 5.74) is 8.09. The number of primary amides is 1. The SMILES string of the molecule is NC(=O)c1ccc(OCC(=O)N[C@H]2CCCc3ccccc32)cc1. The minimum Gasteiger partial charge on any atom is -0.484 e. The highest BCUT2D eigenvalue weighted by molar-refractivity contribution is 5.92. The van der Waals surface area contributed by atoms with Crippen LogP contribution < -0.4 is 15.8 Å². The molecule has 1 aliphatic rings. The van der Waals surface area contributed by atoms with E-state index in [9.17, 15) is 9.59 Å². The van der Waals surface area contributed by atoms with Crippen molar-refractivity contribution in [2.75, 3.05) is 6.61 Å². The lowest BCUT2D eigenvalue weighted by molar-refractivity contribution is -0.123. The second kappa shape index (κ2) is 7.17. The molecule has 0 aliphatic heterocycles. The average Bonchev–Trinajstić information content (AvgIpc) is 2.61. The Morgan fingerprint density at radius 1 is 1.12 bits per heavy atom. The molecule has 124 valence electrons. The third kappa shape index (κ3) is 3.74. The zero-order valence-corrected chi connectivity index (χ0v) is 13.3. The van der Waals surface area contributed by atoms with Crippen molar-refractivity contribution in [3.63, 3.8) is 0 Å². The van der Waals surface area contributed by atoms with Gasteiger partial charge in [0, 0.05) is 5.56 Å². The van der Waals surface area contributed by atoms with E-state index in [-0.39, 0.29) is 18.6 Å². The van der Waals surface area contributed by atoms with Crippen LogP contribution in [-0.2, 0) is 11.2 Å². The van der Waals surface area contributed by atoms with Gasteiger partial charge in [0.2, 0.25) is 5.91 Å². The van der Waals surface area contributed by atoms with Crippen molar-refractivity contribution in [2.24, 2.45) is 5.73 Å². The van der Waals surface area contributed by atoms with Crippen LogP contribution in [0.25, 0.3) is 0 Å². The highest BCUT2D eigenvalue weighted by atomic mass is 16.5.